The molecule has 1 aromatic carbocycles. The zero-order chi connectivity index (χ0) is 10.3. The Balaban J connectivity index is 1.68. The third-order valence-electron chi connectivity index (χ3n) is 1.73. The number of rotatable bonds is 5. The minimum atomic E-state index is 0.717. The first-order valence-corrected chi connectivity index (χ1v) is 6.52. The monoisotopic (exact) mass is 237 g/mol. The van der Waals surface area contributed by atoms with Crippen molar-refractivity contribution >= 4 is 23.1 Å². The quantitative estimate of drug-likeness (QED) is 0.588. The number of thioether (sulfide) groups is 1. The third kappa shape index (κ3) is 3.57. The largest absolute Gasteiger partial charge is 0.493 e. The van der Waals surface area contributed by atoms with E-state index in [1.807, 2.05) is 41.9 Å². The van der Waals surface area contributed by atoms with Crippen LogP contribution in [-0.2, 0) is 0 Å². The standard InChI is InChI=1S/C11H11NOS2/c1-2-4-10(5-3-1)13-7-9-15-11-12-6-8-14-11/h1-6,8H,7,9H2. The van der Waals surface area contributed by atoms with Gasteiger partial charge >= 0.3 is 0 Å². The number of thiazole rings is 1. The van der Waals surface area contributed by atoms with Gasteiger partial charge in [-0.05, 0) is 12.1 Å². The average molecular weight is 237 g/mol. The van der Waals surface area contributed by atoms with Crippen molar-refractivity contribution < 1.29 is 4.74 Å². The smallest absolute Gasteiger partial charge is 0.149 e. The van der Waals surface area contributed by atoms with Crippen molar-refractivity contribution in [2.45, 2.75) is 4.34 Å². The molecule has 78 valence electrons. The van der Waals surface area contributed by atoms with Crippen molar-refractivity contribution in [2.75, 3.05) is 12.4 Å². The molecule has 0 unspecified atom stereocenters. The van der Waals surface area contributed by atoms with Crippen LogP contribution in [0.1, 0.15) is 0 Å². The molecule has 0 atom stereocenters. The molecule has 1 heterocycles. The molecule has 0 saturated carbocycles. The van der Waals surface area contributed by atoms with E-state index in [0.29, 0.717) is 6.61 Å². The summed E-state index contributed by atoms with van der Waals surface area (Å²) in [5.74, 6) is 1.86. The van der Waals surface area contributed by atoms with E-state index in [-0.39, 0.29) is 0 Å². The zero-order valence-electron chi connectivity index (χ0n) is 8.13. The second-order valence-corrected chi connectivity index (χ2v) is 5.04. The molecule has 0 aliphatic heterocycles. The maximum atomic E-state index is 5.56. The van der Waals surface area contributed by atoms with Crippen LogP contribution in [0.2, 0.25) is 0 Å². The van der Waals surface area contributed by atoms with Gasteiger partial charge < -0.3 is 4.74 Å². The van der Waals surface area contributed by atoms with E-state index in [0.717, 1.165) is 15.8 Å². The van der Waals surface area contributed by atoms with Crippen molar-refractivity contribution in [3.05, 3.63) is 41.9 Å². The van der Waals surface area contributed by atoms with Crippen LogP contribution >= 0.6 is 23.1 Å². The van der Waals surface area contributed by atoms with Crippen LogP contribution in [0.15, 0.2) is 46.2 Å². The molecule has 0 spiro atoms. The summed E-state index contributed by atoms with van der Waals surface area (Å²) >= 11 is 3.39. The van der Waals surface area contributed by atoms with Gasteiger partial charge in [0.2, 0.25) is 0 Å². The molecule has 0 amide bonds. The van der Waals surface area contributed by atoms with Crippen LogP contribution in [-0.4, -0.2) is 17.3 Å². The lowest BCUT2D eigenvalue weighted by Crippen LogP contribution is -1.99. The molecule has 2 nitrogen and oxygen atoms in total. The molecular formula is C11H11NOS2. The second-order valence-electron chi connectivity index (χ2n) is 2.81. The Kier molecular flexibility index (Phi) is 4.05. The third-order valence-corrected chi connectivity index (χ3v) is 3.66. The molecule has 0 radical (unpaired) electrons. The van der Waals surface area contributed by atoms with Crippen LogP contribution in [0.5, 0.6) is 5.75 Å². The van der Waals surface area contributed by atoms with Crippen LogP contribution in [0.3, 0.4) is 0 Å². The Morgan fingerprint density at radius 3 is 2.87 bits per heavy atom. The minimum Gasteiger partial charge on any atom is -0.493 e. The van der Waals surface area contributed by atoms with Gasteiger partial charge in [-0.15, -0.1) is 11.3 Å². The van der Waals surface area contributed by atoms with Gasteiger partial charge in [0.15, 0.2) is 0 Å². The molecule has 15 heavy (non-hydrogen) atoms. The van der Waals surface area contributed by atoms with Crippen LogP contribution in [0, 0.1) is 0 Å². The molecule has 0 bridgehead atoms. The number of hydrogen-bond acceptors (Lipinski definition) is 4. The van der Waals surface area contributed by atoms with E-state index in [2.05, 4.69) is 4.98 Å². The van der Waals surface area contributed by atoms with E-state index < -0.39 is 0 Å². The number of para-hydroxylation sites is 1. The van der Waals surface area contributed by atoms with Crippen molar-refractivity contribution in [3.63, 3.8) is 0 Å². The lowest BCUT2D eigenvalue weighted by molar-refractivity contribution is 0.344. The van der Waals surface area contributed by atoms with Crippen molar-refractivity contribution in [1.29, 1.82) is 0 Å². The fourth-order valence-electron chi connectivity index (χ4n) is 1.09. The maximum Gasteiger partial charge on any atom is 0.149 e. The molecule has 0 saturated heterocycles. The highest BCUT2D eigenvalue weighted by Crippen LogP contribution is 2.20. The van der Waals surface area contributed by atoms with Crippen molar-refractivity contribution in [3.8, 4) is 5.75 Å². The highest BCUT2D eigenvalue weighted by molar-refractivity contribution is 8.01. The van der Waals surface area contributed by atoms with Crippen LogP contribution in [0.25, 0.3) is 0 Å². The van der Waals surface area contributed by atoms with E-state index in [1.54, 1.807) is 23.1 Å². The molecular weight excluding hydrogens is 226 g/mol. The average Bonchev–Trinajstić information content (AvgIpc) is 2.79. The van der Waals surface area contributed by atoms with Gasteiger partial charge in [0.1, 0.15) is 10.1 Å². The first-order valence-electron chi connectivity index (χ1n) is 4.65. The van der Waals surface area contributed by atoms with Gasteiger partial charge in [0, 0.05) is 17.3 Å². The van der Waals surface area contributed by atoms with Gasteiger partial charge in [-0.2, -0.15) is 0 Å². The van der Waals surface area contributed by atoms with Gasteiger partial charge in [-0.1, -0.05) is 30.0 Å². The van der Waals surface area contributed by atoms with E-state index in [4.69, 9.17) is 4.74 Å². The SMILES string of the molecule is c1ccc(OCCSc2nccs2)cc1. The first kappa shape index (κ1) is 10.5. The van der Waals surface area contributed by atoms with Gasteiger partial charge in [0.25, 0.3) is 0 Å². The molecule has 2 aromatic rings. The maximum absolute atomic E-state index is 5.56. The first-order chi connectivity index (χ1) is 7.45. The van der Waals surface area contributed by atoms with E-state index in [1.165, 1.54) is 0 Å². The van der Waals surface area contributed by atoms with E-state index >= 15 is 0 Å². The Labute approximate surface area is 97.3 Å². The summed E-state index contributed by atoms with van der Waals surface area (Å²) in [5, 5.41) is 1.99. The fourth-order valence-corrected chi connectivity index (χ4v) is 2.61. The number of ether oxygens (including phenoxy) is 1. The topological polar surface area (TPSA) is 22.1 Å². The summed E-state index contributed by atoms with van der Waals surface area (Å²) in [6.45, 7) is 0.717. The Morgan fingerprint density at radius 2 is 2.13 bits per heavy atom. The molecule has 0 aliphatic rings. The highest BCUT2D eigenvalue weighted by Gasteiger charge is 1.96. The summed E-state index contributed by atoms with van der Waals surface area (Å²) < 4.78 is 6.66. The second kappa shape index (κ2) is 5.78. The van der Waals surface area contributed by atoms with Crippen LogP contribution in [0.4, 0.5) is 0 Å². The lowest BCUT2D eigenvalue weighted by Gasteiger charge is -2.03. The molecule has 1 aromatic heterocycles. The lowest BCUT2D eigenvalue weighted by atomic mass is 10.3. The molecule has 2 rings (SSSR count). The molecule has 0 fully saturated rings. The molecule has 0 N–H and O–H groups in total. The number of aromatic nitrogens is 1. The Bertz CT molecular complexity index is 375. The Morgan fingerprint density at radius 1 is 1.27 bits per heavy atom. The van der Waals surface area contributed by atoms with E-state index in [9.17, 15) is 0 Å². The van der Waals surface area contributed by atoms with Crippen molar-refractivity contribution in [1.82, 2.24) is 4.98 Å². The zero-order valence-corrected chi connectivity index (χ0v) is 9.76. The summed E-state index contributed by atoms with van der Waals surface area (Å²) in [6, 6.07) is 9.87. The molecule has 4 heteroatoms. The summed E-state index contributed by atoms with van der Waals surface area (Å²) in [4.78, 5) is 4.19. The number of benzene rings is 1. The summed E-state index contributed by atoms with van der Waals surface area (Å²) in [7, 11) is 0. The Hall–Kier alpha value is -1.00. The fraction of sp³-hybridized carbons (Fsp3) is 0.182. The predicted octanol–water partition coefficient (Wildman–Crippen LogP) is 3.31. The normalized spacial score (nSPS) is 10.1. The number of hydrogen-bond donors (Lipinski definition) is 0. The van der Waals surface area contributed by atoms with Gasteiger partial charge in [0.05, 0.1) is 6.61 Å². The van der Waals surface area contributed by atoms with Gasteiger partial charge in [-0.3, -0.25) is 0 Å². The summed E-state index contributed by atoms with van der Waals surface area (Å²) in [6.07, 6.45) is 1.82. The predicted molar refractivity (Wildman–Crippen MR) is 64.8 cm³/mol. The highest BCUT2D eigenvalue weighted by atomic mass is 32.2. The van der Waals surface area contributed by atoms with Crippen LogP contribution < -0.4 is 4.74 Å². The minimum absolute atomic E-state index is 0.717. The van der Waals surface area contributed by atoms with Crippen molar-refractivity contribution in [2.24, 2.45) is 0 Å². The van der Waals surface area contributed by atoms with Gasteiger partial charge in [-0.25, -0.2) is 4.98 Å². The number of nitrogens with zero attached hydrogens (tertiary/aromatic N) is 1. The molecule has 0 aliphatic carbocycles. The summed E-state index contributed by atoms with van der Waals surface area (Å²) in [5.41, 5.74) is 0.